The molecule has 1 aliphatic rings. The number of carbonyl (C=O) groups excluding carboxylic acids is 1. The number of hydrogen-bond acceptors (Lipinski definition) is 6. The van der Waals surface area contributed by atoms with E-state index in [4.69, 9.17) is 4.42 Å². The predicted octanol–water partition coefficient (Wildman–Crippen LogP) is 3.12. The van der Waals surface area contributed by atoms with Gasteiger partial charge in [-0.15, -0.1) is 0 Å². The van der Waals surface area contributed by atoms with Gasteiger partial charge < -0.3 is 14.4 Å². The number of likely N-dealkylation sites (N-methyl/N-ethyl adjacent to an activating group) is 1. The molecule has 6 heteroatoms. The molecule has 4 rings (SSSR count). The van der Waals surface area contributed by atoms with Gasteiger partial charge in [-0.3, -0.25) is 14.5 Å². The number of ketones is 1. The Labute approximate surface area is 169 Å². The van der Waals surface area contributed by atoms with E-state index in [9.17, 15) is 14.7 Å². The van der Waals surface area contributed by atoms with Crippen LogP contribution in [0.15, 0.2) is 51.7 Å². The van der Waals surface area contributed by atoms with Gasteiger partial charge in [0.25, 0.3) is 0 Å². The molecule has 1 aromatic heterocycles. The van der Waals surface area contributed by atoms with Crippen molar-refractivity contribution in [2.75, 3.05) is 33.2 Å². The van der Waals surface area contributed by atoms with Crippen molar-refractivity contribution in [3.05, 3.63) is 63.8 Å². The molecule has 0 aliphatic carbocycles. The van der Waals surface area contributed by atoms with E-state index in [1.165, 1.54) is 13.0 Å². The standard InChI is InChI=1S/C23H24N2O4/c1-15(26)18-12-17(14-25-10-8-24(2)9-11-25)23-21(22(18)28)19(27)13-20(29-23)16-6-4-3-5-7-16/h3-7,12-13,28H,8-11,14H2,1-2H3. The number of carbonyl (C=O) groups is 1. The minimum atomic E-state index is -0.356. The monoisotopic (exact) mass is 392 g/mol. The highest BCUT2D eigenvalue weighted by molar-refractivity contribution is 6.03. The minimum Gasteiger partial charge on any atom is -0.506 e. The van der Waals surface area contributed by atoms with Gasteiger partial charge in [0.05, 0.1) is 5.56 Å². The minimum absolute atomic E-state index is 0.0708. The fourth-order valence-corrected chi connectivity index (χ4v) is 3.76. The van der Waals surface area contributed by atoms with Crippen LogP contribution in [-0.2, 0) is 6.54 Å². The van der Waals surface area contributed by atoms with Gasteiger partial charge in [0.2, 0.25) is 0 Å². The van der Waals surface area contributed by atoms with Crippen LogP contribution in [0.3, 0.4) is 0 Å². The van der Waals surface area contributed by atoms with E-state index in [1.807, 2.05) is 30.3 Å². The van der Waals surface area contributed by atoms with Crippen molar-refractivity contribution in [1.29, 1.82) is 0 Å². The highest BCUT2D eigenvalue weighted by atomic mass is 16.3. The summed E-state index contributed by atoms with van der Waals surface area (Å²) in [5.74, 6) is -0.142. The van der Waals surface area contributed by atoms with Crippen LogP contribution in [0.5, 0.6) is 5.75 Å². The van der Waals surface area contributed by atoms with Crippen LogP contribution >= 0.6 is 0 Å². The molecule has 0 unspecified atom stereocenters. The molecule has 1 N–H and O–H groups in total. The molecule has 150 valence electrons. The molecule has 2 heterocycles. The smallest absolute Gasteiger partial charge is 0.197 e. The molecule has 0 amide bonds. The lowest BCUT2D eigenvalue weighted by Gasteiger charge is -2.32. The van der Waals surface area contributed by atoms with E-state index in [2.05, 4.69) is 16.8 Å². The second-order valence-corrected chi connectivity index (χ2v) is 7.61. The van der Waals surface area contributed by atoms with Gasteiger partial charge in [-0.05, 0) is 20.0 Å². The molecule has 6 nitrogen and oxygen atoms in total. The van der Waals surface area contributed by atoms with E-state index in [0.717, 1.165) is 37.3 Å². The molecular weight excluding hydrogens is 368 g/mol. The maximum atomic E-state index is 12.9. The summed E-state index contributed by atoms with van der Waals surface area (Å²) in [6.45, 7) is 5.61. The molecular formula is C23H24N2O4. The number of nitrogens with zero attached hydrogens (tertiary/aromatic N) is 2. The van der Waals surface area contributed by atoms with Crippen molar-refractivity contribution in [2.45, 2.75) is 13.5 Å². The highest BCUT2D eigenvalue weighted by Gasteiger charge is 2.22. The largest absolute Gasteiger partial charge is 0.506 e. The quantitative estimate of drug-likeness (QED) is 0.688. The Morgan fingerprint density at radius 2 is 1.79 bits per heavy atom. The summed E-state index contributed by atoms with van der Waals surface area (Å²) in [6.07, 6.45) is 0. The molecule has 0 atom stereocenters. The van der Waals surface area contributed by atoms with Gasteiger partial charge >= 0.3 is 0 Å². The topological polar surface area (TPSA) is 74.0 Å². The van der Waals surface area contributed by atoms with Crippen molar-refractivity contribution in [3.63, 3.8) is 0 Å². The number of rotatable bonds is 4. The number of fused-ring (bicyclic) bond motifs is 1. The Balaban J connectivity index is 1.89. The first-order chi connectivity index (χ1) is 13.9. The summed E-state index contributed by atoms with van der Waals surface area (Å²) in [4.78, 5) is 29.5. The zero-order chi connectivity index (χ0) is 20.5. The Bertz CT molecular complexity index is 1110. The predicted molar refractivity (Wildman–Crippen MR) is 112 cm³/mol. The first-order valence-electron chi connectivity index (χ1n) is 9.74. The zero-order valence-electron chi connectivity index (χ0n) is 16.6. The van der Waals surface area contributed by atoms with E-state index in [1.54, 1.807) is 6.07 Å². The van der Waals surface area contributed by atoms with Gasteiger partial charge in [-0.1, -0.05) is 30.3 Å². The molecule has 1 aliphatic heterocycles. The van der Waals surface area contributed by atoms with Crippen LogP contribution in [-0.4, -0.2) is 53.9 Å². The molecule has 29 heavy (non-hydrogen) atoms. The average Bonchev–Trinajstić information content (AvgIpc) is 2.71. The number of aromatic hydroxyl groups is 1. The van der Waals surface area contributed by atoms with Gasteiger partial charge in [-0.2, -0.15) is 0 Å². The Hall–Kier alpha value is -2.96. The second kappa shape index (κ2) is 7.81. The van der Waals surface area contributed by atoms with Crippen LogP contribution in [0.25, 0.3) is 22.3 Å². The normalized spacial score (nSPS) is 15.7. The summed E-state index contributed by atoms with van der Waals surface area (Å²) in [5, 5.41) is 10.7. The van der Waals surface area contributed by atoms with Crippen molar-refractivity contribution in [3.8, 4) is 17.1 Å². The Morgan fingerprint density at radius 1 is 1.10 bits per heavy atom. The van der Waals surface area contributed by atoms with Crippen LogP contribution in [0.2, 0.25) is 0 Å². The first kappa shape index (κ1) is 19.4. The Morgan fingerprint density at radius 3 is 2.45 bits per heavy atom. The van der Waals surface area contributed by atoms with Gasteiger partial charge in [0.1, 0.15) is 22.5 Å². The van der Waals surface area contributed by atoms with Crippen LogP contribution < -0.4 is 5.43 Å². The van der Waals surface area contributed by atoms with Crippen molar-refractivity contribution < 1.29 is 14.3 Å². The molecule has 0 saturated carbocycles. The van der Waals surface area contributed by atoms with Gasteiger partial charge in [0, 0.05) is 49.9 Å². The third kappa shape index (κ3) is 3.81. The zero-order valence-corrected chi connectivity index (χ0v) is 16.6. The van der Waals surface area contributed by atoms with Crippen LogP contribution in [0, 0.1) is 0 Å². The summed E-state index contributed by atoms with van der Waals surface area (Å²) in [6, 6.07) is 12.4. The molecule has 2 aromatic carbocycles. The fourth-order valence-electron chi connectivity index (χ4n) is 3.76. The third-order valence-corrected chi connectivity index (χ3v) is 5.48. The lowest BCUT2D eigenvalue weighted by Crippen LogP contribution is -2.43. The molecule has 0 bridgehead atoms. The molecule has 1 saturated heterocycles. The van der Waals surface area contributed by atoms with Crippen LogP contribution in [0.1, 0.15) is 22.8 Å². The van der Waals surface area contributed by atoms with E-state index in [-0.39, 0.29) is 27.9 Å². The SMILES string of the molecule is CC(=O)c1cc(CN2CCN(C)CC2)c2oc(-c3ccccc3)cc(=O)c2c1O. The summed E-state index contributed by atoms with van der Waals surface area (Å²) < 4.78 is 6.13. The molecule has 0 radical (unpaired) electrons. The van der Waals surface area contributed by atoms with E-state index in [0.29, 0.717) is 17.9 Å². The first-order valence-corrected chi connectivity index (χ1v) is 9.74. The lowest BCUT2D eigenvalue weighted by molar-refractivity contribution is 0.101. The molecule has 1 fully saturated rings. The van der Waals surface area contributed by atoms with Crippen molar-refractivity contribution in [1.82, 2.24) is 9.80 Å². The average molecular weight is 392 g/mol. The molecule has 0 spiro atoms. The Kier molecular flexibility index (Phi) is 5.22. The summed E-state index contributed by atoms with van der Waals surface area (Å²) >= 11 is 0. The molecule has 3 aromatic rings. The number of phenolic OH excluding ortho intramolecular Hbond substituents is 1. The number of phenols is 1. The van der Waals surface area contributed by atoms with Crippen molar-refractivity contribution in [2.24, 2.45) is 0 Å². The summed E-state index contributed by atoms with van der Waals surface area (Å²) in [5.41, 5.74) is 1.67. The van der Waals surface area contributed by atoms with Crippen molar-refractivity contribution >= 4 is 16.8 Å². The maximum Gasteiger partial charge on any atom is 0.197 e. The number of Topliss-reactive ketones (excluding diaryl/α,β-unsaturated/α-hetero) is 1. The highest BCUT2D eigenvalue weighted by Crippen LogP contribution is 2.33. The maximum absolute atomic E-state index is 12.9. The van der Waals surface area contributed by atoms with Crippen LogP contribution in [0.4, 0.5) is 0 Å². The number of piperazine rings is 1. The van der Waals surface area contributed by atoms with E-state index < -0.39 is 0 Å². The number of benzene rings is 2. The van der Waals surface area contributed by atoms with E-state index >= 15 is 0 Å². The number of hydrogen-bond donors (Lipinski definition) is 1. The van der Waals surface area contributed by atoms with Gasteiger partial charge in [-0.25, -0.2) is 0 Å². The second-order valence-electron chi connectivity index (χ2n) is 7.61. The third-order valence-electron chi connectivity index (χ3n) is 5.48. The fraction of sp³-hybridized carbons (Fsp3) is 0.304. The summed E-state index contributed by atoms with van der Waals surface area (Å²) in [7, 11) is 2.09. The lowest BCUT2D eigenvalue weighted by atomic mass is 10.0. The van der Waals surface area contributed by atoms with Gasteiger partial charge in [0.15, 0.2) is 11.2 Å².